The second-order valence-electron chi connectivity index (χ2n) is 6.09. The lowest BCUT2D eigenvalue weighted by molar-refractivity contribution is 0.0925. The van der Waals surface area contributed by atoms with Crippen LogP contribution in [0.4, 0.5) is 0 Å². The number of piperidine rings is 1. The molecule has 0 aromatic heterocycles. The van der Waals surface area contributed by atoms with Crippen LogP contribution in [0, 0.1) is 5.92 Å². The zero-order valence-electron chi connectivity index (χ0n) is 11.6. The summed E-state index contributed by atoms with van der Waals surface area (Å²) in [6.45, 7) is 1.03. The first-order valence-electron chi connectivity index (χ1n) is 7.43. The van der Waals surface area contributed by atoms with E-state index in [9.17, 15) is 4.79 Å². The first-order chi connectivity index (χ1) is 10.2. The molecule has 1 aliphatic heterocycles. The Bertz CT molecular complexity index is 715. The van der Waals surface area contributed by atoms with Crippen molar-refractivity contribution < 1.29 is 4.79 Å². The first kappa shape index (κ1) is 13.1. The number of nitrogens with one attached hydrogen (secondary N) is 2. The van der Waals surface area contributed by atoms with Gasteiger partial charge in [0.25, 0.3) is 5.91 Å². The van der Waals surface area contributed by atoms with Crippen molar-refractivity contribution >= 4 is 28.3 Å². The smallest absolute Gasteiger partial charge is 0.251 e. The van der Waals surface area contributed by atoms with Gasteiger partial charge in [-0.25, -0.2) is 0 Å². The molecule has 1 saturated heterocycles. The molecule has 0 spiro atoms. The second-order valence-corrected chi connectivity index (χ2v) is 6.50. The fourth-order valence-electron chi connectivity index (χ4n) is 3.65. The summed E-state index contributed by atoms with van der Waals surface area (Å²) in [6.07, 6.45) is 2.24. The molecule has 4 heteroatoms. The van der Waals surface area contributed by atoms with Crippen LogP contribution in [-0.4, -0.2) is 24.5 Å². The fourth-order valence-corrected chi connectivity index (χ4v) is 3.89. The van der Waals surface area contributed by atoms with Gasteiger partial charge in [0.05, 0.1) is 0 Å². The third kappa shape index (κ3) is 2.30. The third-order valence-corrected chi connectivity index (χ3v) is 5.10. The van der Waals surface area contributed by atoms with Gasteiger partial charge in [0.1, 0.15) is 0 Å². The zero-order valence-corrected chi connectivity index (χ0v) is 12.4. The van der Waals surface area contributed by atoms with Gasteiger partial charge < -0.3 is 10.6 Å². The number of hydrogen-bond donors (Lipinski definition) is 2. The summed E-state index contributed by atoms with van der Waals surface area (Å²) in [5.41, 5.74) is 0.709. The van der Waals surface area contributed by atoms with Crippen molar-refractivity contribution in [3.8, 4) is 0 Å². The van der Waals surface area contributed by atoms with Crippen molar-refractivity contribution in [2.45, 2.75) is 24.9 Å². The van der Waals surface area contributed by atoms with Crippen molar-refractivity contribution in [2.75, 3.05) is 6.54 Å². The lowest BCUT2D eigenvalue weighted by Crippen LogP contribution is -2.44. The predicted octanol–water partition coefficient (Wildman–Crippen LogP) is 2.97. The Kier molecular flexibility index (Phi) is 3.12. The van der Waals surface area contributed by atoms with Crippen LogP contribution >= 0.6 is 11.6 Å². The van der Waals surface area contributed by atoms with E-state index in [-0.39, 0.29) is 5.91 Å². The Hall–Kier alpha value is -1.58. The highest BCUT2D eigenvalue weighted by Crippen LogP contribution is 2.31. The normalized spacial score (nSPS) is 27.2. The van der Waals surface area contributed by atoms with Crippen molar-refractivity contribution in [1.82, 2.24) is 10.6 Å². The van der Waals surface area contributed by atoms with Gasteiger partial charge in [-0.15, -0.1) is 0 Å². The summed E-state index contributed by atoms with van der Waals surface area (Å²) in [4.78, 5) is 12.4. The van der Waals surface area contributed by atoms with E-state index in [1.165, 1.54) is 6.42 Å². The highest BCUT2D eigenvalue weighted by molar-refractivity contribution is 6.35. The van der Waals surface area contributed by atoms with Gasteiger partial charge in [0, 0.05) is 34.6 Å². The van der Waals surface area contributed by atoms with Crippen LogP contribution in [0.3, 0.4) is 0 Å². The van der Waals surface area contributed by atoms with Crippen molar-refractivity contribution in [2.24, 2.45) is 5.92 Å². The van der Waals surface area contributed by atoms with Gasteiger partial charge in [-0.3, -0.25) is 4.79 Å². The fraction of sp³-hybridized carbons (Fsp3) is 0.353. The minimum Gasteiger partial charge on any atom is -0.349 e. The SMILES string of the molecule is O=C(NC1CC2CC1CN2)c1ccc2c(Cl)cccc2c1. The molecule has 1 heterocycles. The van der Waals surface area contributed by atoms with Crippen LogP contribution in [0.25, 0.3) is 10.8 Å². The van der Waals surface area contributed by atoms with E-state index in [2.05, 4.69) is 10.6 Å². The average Bonchev–Trinajstić information content (AvgIpc) is 3.09. The first-order valence-corrected chi connectivity index (χ1v) is 7.81. The Labute approximate surface area is 128 Å². The largest absolute Gasteiger partial charge is 0.349 e. The third-order valence-electron chi connectivity index (χ3n) is 4.77. The van der Waals surface area contributed by atoms with E-state index in [1.807, 2.05) is 36.4 Å². The van der Waals surface area contributed by atoms with Crippen LogP contribution < -0.4 is 10.6 Å². The summed E-state index contributed by atoms with van der Waals surface area (Å²) < 4.78 is 0. The molecule has 4 rings (SSSR count). The molecule has 2 bridgehead atoms. The topological polar surface area (TPSA) is 41.1 Å². The van der Waals surface area contributed by atoms with Crippen LogP contribution in [0.2, 0.25) is 5.02 Å². The summed E-state index contributed by atoms with van der Waals surface area (Å²) >= 11 is 6.16. The molecular weight excluding hydrogens is 284 g/mol. The van der Waals surface area contributed by atoms with Gasteiger partial charge in [-0.05, 0) is 42.3 Å². The number of amides is 1. The molecule has 2 aromatic carbocycles. The van der Waals surface area contributed by atoms with Gasteiger partial charge in [-0.1, -0.05) is 29.8 Å². The number of carbonyl (C=O) groups is 1. The number of halogens is 1. The highest BCUT2D eigenvalue weighted by atomic mass is 35.5. The molecule has 3 nitrogen and oxygen atoms in total. The van der Waals surface area contributed by atoms with Gasteiger partial charge in [-0.2, -0.15) is 0 Å². The molecule has 108 valence electrons. The zero-order chi connectivity index (χ0) is 14.4. The molecule has 3 unspecified atom stereocenters. The standard InChI is InChI=1S/C17H17ClN2O/c18-15-3-1-2-10-6-11(4-5-14(10)15)17(21)20-16-8-13-7-12(16)9-19-13/h1-6,12-13,16,19H,7-9H2,(H,20,21). The molecule has 2 aliphatic rings. The molecule has 2 fully saturated rings. The van der Waals surface area contributed by atoms with Gasteiger partial charge >= 0.3 is 0 Å². The van der Waals surface area contributed by atoms with Crippen molar-refractivity contribution in [1.29, 1.82) is 0 Å². The van der Waals surface area contributed by atoms with E-state index in [0.717, 1.165) is 28.8 Å². The molecule has 1 saturated carbocycles. The molecule has 2 aromatic rings. The van der Waals surface area contributed by atoms with Crippen LogP contribution in [-0.2, 0) is 0 Å². The average molecular weight is 301 g/mol. The number of carbonyl (C=O) groups excluding carboxylic acids is 1. The molecule has 0 radical (unpaired) electrons. The Morgan fingerprint density at radius 3 is 2.90 bits per heavy atom. The molecular formula is C17H17ClN2O. The quantitative estimate of drug-likeness (QED) is 0.895. The monoisotopic (exact) mass is 300 g/mol. The predicted molar refractivity (Wildman–Crippen MR) is 84.7 cm³/mol. The number of fused-ring (bicyclic) bond motifs is 3. The maximum atomic E-state index is 12.4. The summed E-state index contributed by atoms with van der Waals surface area (Å²) in [5, 5.41) is 9.37. The Balaban J connectivity index is 1.57. The molecule has 3 atom stereocenters. The van der Waals surface area contributed by atoms with E-state index in [1.54, 1.807) is 0 Å². The number of rotatable bonds is 2. The maximum absolute atomic E-state index is 12.4. The van der Waals surface area contributed by atoms with Crippen molar-refractivity contribution in [3.63, 3.8) is 0 Å². The van der Waals surface area contributed by atoms with Crippen LogP contribution in [0.15, 0.2) is 36.4 Å². The number of hydrogen-bond acceptors (Lipinski definition) is 2. The van der Waals surface area contributed by atoms with E-state index >= 15 is 0 Å². The highest BCUT2D eigenvalue weighted by Gasteiger charge is 2.40. The maximum Gasteiger partial charge on any atom is 0.251 e. The molecule has 1 aliphatic carbocycles. The van der Waals surface area contributed by atoms with Crippen LogP contribution in [0.5, 0.6) is 0 Å². The Morgan fingerprint density at radius 2 is 2.14 bits per heavy atom. The minimum atomic E-state index is 0.0226. The van der Waals surface area contributed by atoms with E-state index in [0.29, 0.717) is 23.6 Å². The second kappa shape index (κ2) is 5.00. The Morgan fingerprint density at radius 1 is 1.24 bits per heavy atom. The van der Waals surface area contributed by atoms with E-state index < -0.39 is 0 Å². The van der Waals surface area contributed by atoms with E-state index in [4.69, 9.17) is 11.6 Å². The lowest BCUT2D eigenvalue weighted by Gasteiger charge is -2.23. The van der Waals surface area contributed by atoms with Crippen molar-refractivity contribution in [3.05, 3.63) is 47.0 Å². The molecule has 21 heavy (non-hydrogen) atoms. The molecule has 1 amide bonds. The van der Waals surface area contributed by atoms with Gasteiger partial charge in [0.2, 0.25) is 0 Å². The summed E-state index contributed by atoms with van der Waals surface area (Å²) in [5.74, 6) is 0.614. The minimum absolute atomic E-state index is 0.0226. The molecule has 2 N–H and O–H groups in total. The van der Waals surface area contributed by atoms with Crippen LogP contribution in [0.1, 0.15) is 23.2 Å². The lowest BCUT2D eigenvalue weighted by atomic mass is 10.0. The number of benzene rings is 2. The van der Waals surface area contributed by atoms with Gasteiger partial charge in [0.15, 0.2) is 0 Å². The summed E-state index contributed by atoms with van der Waals surface area (Å²) in [7, 11) is 0. The summed E-state index contributed by atoms with van der Waals surface area (Å²) in [6, 6.07) is 12.4.